The largest absolute Gasteiger partial charge is 0.389 e. The first-order valence-electron chi connectivity index (χ1n) is 7.01. The van der Waals surface area contributed by atoms with Crippen LogP contribution >= 0.6 is 12.2 Å². The van der Waals surface area contributed by atoms with E-state index in [1.165, 1.54) is 5.56 Å². The van der Waals surface area contributed by atoms with E-state index in [2.05, 4.69) is 42.2 Å². The number of nitrogens with one attached hydrogen (secondary N) is 1. The van der Waals surface area contributed by atoms with Crippen LogP contribution in [0.4, 0.5) is 5.69 Å². The zero-order chi connectivity index (χ0) is 14.7. The van der Waals surface area contributed by atoms with Gasteiger partial charge in [0.2, 0.25) is 0 Å². The van der Waals surface area contributed by atoms with Crippen molar-refractivity contribution in [3.05, 3.63) is 29.3 Å². The molecule has 1 heterocycles. The number of nitrogens with two attached hydrogens (primary N) is 1. The van der Waals surface area contributed by atoms with Gasteiger partial charge in [-0.3, -0.25) is 4.90 Å². The van der Waals surface area contributed by atoms with E-state index in [1.54, 1.807) is 0 Å². The smallest absolute Gasteiger partial charge is 0.106 e. The molecule has 110 valence electrons. The van der Waals surface area contributed by atoms with Crippen LogP contribution in [0.3, 0.4) is 0 Å². The van der Waals surface area contributed by atoms with Gasteiger partial charge in [-0.05, 0) is 32.6 Å². The van der Waals surface area contributed by atoms with Gasteiger partial charge in [0.1, 0.15) is 4.99 Å². The van der Waals surface area contributed by atoms with E-state index in [9.17, 15) is 0 Å². The van der Waals surface area contributed by atoms with Gasteiger partial charge in [0, 0.05) is 43.5 Å². The standard InChI is InChI=1S/C15H24N4S/c1-11-5-4-6-13(15(16)20)14(11)17-9-12-10-18(2)7-8-19(12)3/h4-6,12,17H,7-10H2,1-3H3,(H2,16,20). The van der Waals surface area contributed by atoms with E-state index in [0.29, 0.717) is 11.0 Å². The molecule has 2 rings (SSSR count). The Morgan fingerprint density at radius 2 is 2.15 bits per heavy atom. The van der Waals surface area contributed by atoms with Crippen molar-refractivity contribution in [1.82, 2.24) is 9.80 Å². The normalized spacial score (nSPS) is 20.9. The number of anilines is 1. The number of hydrogen-bond donors (Lipinski definition) is 2. The monoisotopic (exact) mass is 292 g/mol. The molecule has 5 heteroatoms. The average Bonchev–Trinajstić information content (AvgIpc) is 2.40. The number of nitrogens with zero attached hydrogens (tertiary/aromatic N) is 2. The highest BCUT2D eigenvalue weighted by Crippen LogP contribution is 2.21. The van der Waals surface area contributed by atoms with Gasteiger partial charge in [0.05, 0.1) is 0 Å². The quantitative estimate of drug-likeness (QED) is 0.819. The van der Waals surface area contributed by atoms with Crippen molar-refractivity contribution in [2.75, 3.05) is 45.6 Å². The number of likely N-dealkylation sites (N-methyl/N-ethyl adjacent to an activating group) is 2. The highest BCUT2D eigenvalue weighted by molar-refractivity contribution is 7.80. The second-order valence-corrected chi connectivity index (χ2v) is 6.08. The fourth-order valence-corrected chi connectivity index (χ4v) is 2.82. The minimum atomic E-state index is 0.449. The predicted octanol–water partition coefficient (Wildman–Crippen LogP) is 1.29. The van der Waals surface area contributed by atoms with E-state index in [1.807, 2.05) is 12.1 Å². The van der Waals surface area contributed by atoms with E-state index < -0.39 is 0 Å². The molecule has 1 atom stereocenters. The summed E-state index contributed by atoms with van der Waals surface area (Å²) in [6.07, 6.45) is 0. The van der Waals surface area contributed by atoms with Crippen molar-refractivity contribution in [2.45, 2.75) is 13.0 Å². The molecule has 1 aliphatic rings. The number of hydrogen-bond acceptors (Lipinski definition) is 4. The summed E-state index contributed by atoms with van der Waals surface area (Å²) in [4.78, 5) is 5.23. The predicted molar refractivity (Wildman–Crippen MR) is 89.5 cm³/mol. The lowest BCUT2D eigenvalue weighted by Crippen LogP contribution is -2.52. The van der Waals surface area contributed by atoms with E-state index in [-0.39, 0.29) is 0 Å². The zero-order valence-corrected chi connectivity index (χ0v) is 13.3. The maximum Gasteiger partial charge on any atom is 0.106 e. The van der Waals surface area contributed by atoms with Gasteiger partial charge in [-0.15, -0.1) is 0 Å². The molecule has 0 spiro atoms. The average molecular weight is 292 g/mol. The molecule has 1 aromatic carbocycles. The zero-order valence-electron chi connectivity index (χ0n) is 12.5. The molecule has 1 unspecified atom stereocenters. The summed E-state index contributed by atoms with van der Waals surface area (Å²) in [5.74, 6) is 0. The first-order valence-corrected chi connectivity index (χ1v) is 7.42. The van der Waals surface area contributed by atoms with E-state index >= 15 is 0 Å². The minimum absolute atomic E-state index is 0.449. The van der Waals surface area contributed by atoms with Crippen molar-refractivity contribution >= 4 is 22.9 Å². The van der Waals surface area contributed by atoms with Crippen LogP contribution < -0.4 is 11.1 Å². The number of aryl methyl sites for hydroxylation is 1. The molecular weight excluding hydrogens is 268 g/mol. The first kappa shape index (κ1) is 15.2. The van der Waals surface area contributed by atoms with Crippen LogP contribution in [-0.4, -0.2) is 61.1 Å². The third kappa shape index (κ3) is 3.48. The number of benzene rings is 1. The lowest BCUT2D eigenvalue weighted by Gasteiger charge is -2.38. The molecule has 0 bridgehead atoms. The van der Waals surface area contributed by atoms with Gasteiger partial charge >= 0.3 is 0 Å². The van der Waals surface area contributed by atoms with Crippen LogP contribution in [0, 0.1) is 6.92 Å². The molecule has 1 aliphatic heterocycles. The lowest BCUT2D eigenvalue weighted by molar-refractivity contribution is 0.122. The van der Waals surface area contributed by atoms with Crippen LogP contribution in [0.25, 0.3) is 0 Å². The van der Waals surface area contributed by atoms with Crippen LogP contribution in [0.15, 0.2) is 18.2 Å². The SMILES string of the molecule is Cc1cccc(C(N)=S)c1NCC1CN(C)CCN1C. The fraction of sp³-hybridized carbons (Fsp3) is 0.533. The third-order valence-electron chi connectivity index (χ3n) is 4.03. The highest BCUT2D eigenvalue weighted by atomic mass is 32.1. The van der Waals surface area contributed by atoms with Gasteiger partial charge in [-0.25, -0.2) is 0 Å². The Kier molecular flexibility index (Phi) is 4.96. The molecule has 4 nitrogen and oxygen atoms in total. The minimum Gasteiger partial charge on any atom is -0.389 e. The highest BCUT2D eigenvalue weighted by Gasteiger charge is 2.22. The van der Waals surface area contributed by atoms with Crippen LogP contribution in [0.2, 0.25) is 0 Å². The summed E-state index contributed by atoms with van der Waals surface area (Å²) in [7, 11) is 4.36. The Hall–Kier alpha value is -1.17. The molecule has 1 fully saturated rings. The van der Waals surface area contributed by atoms with Crippen molar-refractivity contribution in [2.24, 2.45) is 5.73 Å². The Morgan fingerprint density at radius 3 is 2.85 bits per heavy atom. The molecule has 3 N–H and O–H groups in total. The molecular formula is C15H24N4S. The summed E-state index contributed by atoms with van der Waals surface area (Å²) in [5, 5.41) is 3.55. The molecule has 0 amide bonds. The summed E-state index contributed by atoms with van der Waals surface area (Å²) in [6.45, 7) is 6.31. The lowest BCUT2D eigenvalue weighted by atomic mass is 10.1. The van der Waals surface area contributed by atoms with Crippen molar-refractivity contribution in [1.29, 1.82) is 0 Å². The van der Waals surface area contributed by atoms with E-state index in [4.69, 9.17) is 18.0 Å². The second kappa shape index (κ2) is 6.52. The molecule has 20 heavy (non-hydrogen) atoms. The maximum atomic E-state index is 5.81. The fourth-order valence-electron chi connectivity index (χ4n) is 2.65. The number of thiocarbonyl (C=S) groups is 1. The Bertz CT molecular complexity index is 489. The topological polar surface area (TPSA) is 44.5 Å². The summed E-state index contributed by atoms with van der Waals surface area (Å²) < 4.78 is 0. The van der Waals surface area contributed by atoms with Gasteiger partial charge in [-0.2, -0.15) is 0 Å². The molecule has 0 radical (unpaired) electrons. The Labute approximate surface area is 126 Å². The second-order valence-electron chi connectivity index (χ2n) is 5.64. The van der Waals surface area contributed by atoms with Crippen molar-refractivity contribution in [3.8, 4) is 0 Å². The van der Waals surface area contributed by atoms with E-state index in [0.717, 1.165) is 37.4 Å². The van der Waals surface area contributed by atoms with Crippen LogP contribution in [-0.2, 0) is 0 Å². The van der Waals surface area contributed by atoms with Crippen molar-refractivity contribution in [3.63, 3.8) is 0 Å². The van der Waals surface area contributed by atoms with Gasteiger partial charge in [0.15, 0.2) is 0 Å². The van der Waals surface area contributed by atoms with Crippen molar-refractivity contribution < 1.29 is 0 Å². The molecule has 1 saturated heterocycles. The summed E-state index contributed by atoms with van der Waals surface area (Å²) >= 11 is 5.14. The van der Waals surface area contributed by atoms with Gasteiger partial charge < -0.3 is 16.0 Å². The van der Waals surface area contributed by atoms with Gasteiger partial charge in [0.25, 0.3) is 0 Å². The van der Waals surface area contributed by atoms with Gasteiger partial charge in [-0.1, -0.05) is 24.4 Å². The number of rotatable bonds is 4. The third-order valence-corrected chi connectivity index (χ3v) is 4.25. The maximum absolute atomic E-state index is 5.81. The molecule has 0 saturated carbocycles. The van der Waals surface area contributed by atoms with Crippen LogP contribution in [0.1, 0.15) is 11.1 Å². The summed E-state index contributed by atoms with van der Waals surface area (Å²) in [6, 6.07) is 6.57. The molecule has 0 aliphatic carbocycles. The molecule has 0 aromatic heterocycles. The van der Waals surface area contributed by atoms with Crippen LogP contribution in [0.5, 0.6) is 0 Å². The first-order chi connectivity index (χ1) is 9.49. The Balaban J connectivity index is 2.08. The Morgan fingerprint density at radius 1 is 1.40 bits per heavy atom. The number of piperazine rings is 1. The molecule has 1 aromatic rings. The number of para-hydroxylation sites is 1. The summed E-state index contributed by atoms with van der Waals surface area (Å²) in [5.41, 5.74) is 9.00.